The van der Waals surface area contributed by atoms with Crippen LogP contribution in [0.2, 0.25) is 0 Å². The molecule has 0 aromatic carbocycles. The number of ether oxygens (including phenoxy) is 1. The summed E-state index contributed by atoms with van der Waals surface area (Å²) in [5, 5.41) is 0. The summed E-state index contributed by atoms with van der Waals surface area (Å²) in [6.45, 7) is 5.11. The van der Waals surface area contributed by atoms with Crippen LogP contribution >= 0.6 is 0 Å². The Kier molecular flexibility index (Phi) is 5.35. The van der Waals surface area contributed by atoms with Gasteiger partial charge in [0.25, 0.3) is 5.56 Å². The maximum absolute atomic E-state index is 12.3. The minimum atomic E-state index is -0.136. The number of hydrogen-bond acceptors (Lipinski definition) is 3. The van der Waals surface area contributed by atoms with Gasteiger partial charge in [0.1, 0.15) is 6.54 Å². The Balaban J connectivity index is 1.94. The van der Waals surface area contributed by atoms with Crippen LogP contribution in [0, 0.1) is 5.92 Å². The highest BCUT2D eigenvalue weighted by molar-refractivity contribution is 5.75. The number of carbonyl (C=O) groups is 1. The largest absolute Gasteiger partial charge is 0.381 e. The van der Waals surface area contributed by atoms with Crippen LogP contribution in [0.25, 0.3) is 0 Å². The molecule has 2 heterocycles. The first-order valence-corrected chi connectivity index (χ1v) is 7.21. The summed E-state index contributed by atoms with van der Waals surface area (Å²) in [6, 6.07) is 4.93. The average Bonchev–Trinajstić information content (AvgIpc) is 2.48. The first-order valence-electron chi connectivity index (χ1n) is 7.21. The third-order valence-electron chi connectivity index (χ3n) is 3.76. The van der Waals surface area contributed by atoms with Crippen LogP contribution in [0.4, 0.5) is 0 Å². The molecule has 0 unspecified atom stereocenters. The Bertz CT molecular complexity index is 492. The van der Waals surface area contributed by atoms with Gasteiger partial charge in [-0.05, 0) is 31.7 Å². The van der Waals surface area contributed by atoms with Gasteiger partial charge in [-0.3, -0.25) is 9.59 Å². The smallest absolute Gasteiger partial charge is 0.250 e. The van der Waals surface area contributed by atoms with Crippen molar-refractivity contribution in [3.05, 3.63) is 34.7 Å². The predicted octanol–water partition coefficient (Wildman–Crippen LogP) is 1.12. The molecule has 1 aliphatic rings. The minimum absolute atomic E-state index is 0.00675. The van der Waals surface area contributed by atoms with Crippen molar-refractivity contribution in [2.24, 2.45) is 5.92 Å². The number of hydrogen-bond donors (Lipinski definition) is 0. The van der Waals surface area contributed by atoms with Gasteiger partial charge in [0.15, 0.2) is 0 Å². The van der Waals surface area contributed by atoms with E-state index in [1.807, 2.05) is 11.8 Å². The average molecular weight is 278 g/mol. The Morgan fingerprint density at radius 2 is 2.15 bits per heavy atom. The predicted molar refractivity (Wildman–Crippen MR) is 76.5 cm³/mol. The molecule has 1 aliphatic heterocycles. The van der Waals surface area contributed by atoms with E-state index in [0.717, 1.165) is 32.6 Å². The molecule has 20 heavy (non-hydrogen) atoms. The fourth-order valence-corrected chi connectivity index (χ4v) is 2.48. The Morgan fingerprint density at radius 3 is 2.80 bits per heavy atom. The summed E-state index contributed by atoms with van der Waals surface area (Å²) in [5.74, 6) is 0.521. The Labute approximate surface area is 119 Å². The molecule has 0 saturated carbocycles. The van der Waals surface area contributed by atoms with Crippen molar-refractivity contribution >= 4 is 5.91 Å². The van der Waals surface area contributed by atoms with E-state index in [-0.39, 0.29) is 18.0 Å². The van der Waals surface area contributed by atoms with Gasteiger partial charge in [0.2, 0.25) is 5.91 Å². The lowest BCUT2D eigenvalue weighted by molar-refractivity contribution is -0.132. The van der Waals surface area contributed by atoms with E-state index in [1.165, 1.54) is 10.6 Å². The van der Waals surface area contributed by atoms with E-state index in [4.69, 9.17) is 4.74 Å². The summed E-state index contributed by atoms with van der Waals surface area (Å²) in [4.78, 5) is 25.8. The van der Waals surface area contributed by atoms with E-state index >= 15 is 0 Å². The summed E-state index contributed by atoms with van der Waals surface area (Å²) in [6.07, 6.45) is 3.67. The molecule has 0 N–H and O–H groups in total. The molecule has 0 spiro atoms. The fraction of sp³-hybridized carbons (Fsp3) is 0.600. The van der Waals surface area contributed by atoms with E-state index in [2.05, 4.69) is 0 Å². The molecule has 0 aliphatic carbocycles. The fourth-order valence-electron chi connectivity index (χ4n) is 2.48. The number of nitrogens with zero attached hydrogens (tertiary/aromatic N) is 2. The SMILES string of the molecule is CCN(CC1CCOCC1)C(=O)Cn1ccccc1=O. The molecule has 0 bridgehead atoms. The Hall–Kier alpha value is -1.62. The van der Waals surface area contributed by atoms with Gasteiger partial charge in [0, 0.05) is 38.6 Å². The molecule has 2 rings (SSSR count). The third kappa shape index (κ3) is 3.93. The van der Waals surface area contributed by atoms with Crippen LogP contribution in [0.15, 0.2) is 29.2 Å². The molecular formula is C15H22N2O3. The molecule has 1 aromatic heterocycles. The van der Waals surface area contributed by atoms with Crippen LogP contribution in [0.3, 0.4) is 0 Å². The summed E-state index contributed by atoms with van der Waals surface area (Å²) in [7, 11) is 0. The summed E-state index contributed by atoms with van der Waals surface area (Å²) < 4.78 is 6.79. The second-order valence-corrected chi connectivity index (χ2v) is 5.15. The standard InChI is InChI=1S/C15H22N2O3/c1-2-16(11-13-6-9-20-10-7-13)15(19)12-17-8-4-3-5-14(17)18/h3-5,8,13H,2,6-7,9-12H2,1H3. The van der Waals surface area contributed by atoms with Crippen molar-refractivity contribution < 1.29 is 9.53 Å². The van der Waals surface area contributed by atoms with E-state index in [0.29, 0.717) is 12.5 Å². The van der Waals surface area contributed by atoms with Gasteiger partial charge in [-0.2, -0.15) is 0 Å². The maximum atomic E-state index is 12.3. The molecule has 5 heteroatoms. The van der Waals surface area contributed by atoms with Crippen molar-refractivity contribution in [3.8, 4) is 0 Å². The molecule has 0 atom stereocenters. The zero-order valence-electron chi connectivity index (χ0n) is 12.0. The van der Waals surface area contributed by atoms with E-state index < -0.39 is 0 Å². The van der Waals surface area contributed by atoms with Crippen LogP contribution < -0.4 is 5.56 Å². The zero-order chi connectivity index (χ0) is 14.4. The first kappa shape index (κ1) is 14.8. The topological polar surface area (TPSA) is 51.5 Å². The highest BCUT2D eigenvalue weighted by Crippen LogP contribution is 2.16. The van der Waals surface area contributed by atoms with Gasteiger partial charge in [-0.25, -0.2) is 0 Å². The van der Waals surface area contributed by atoms with E-state index in [1.54, 1.807) is 18.3 Å². The molecule has 1 amide bonds. The summed E-state index contributed by atoms with van der Waals surface area (Å²) in [5.41, 5.74) is -0.136. The third-order valence-corrected chi connectivity index (χ3v) is 3.76. The number of aromatic nitrogens is 1. The van der Waals surface area contributed by atoms with Crippen molar-refractivity contribution in [2.45, 2.75) is 26.3 Å². The molecule has 1 saturated heterocycles. The van der Waals surface area contributed by atoms with Crippen molar-refractivity contribution in [1.82, 2.24) is 9.47 Å². The quantitative estimate of drug-likeness (QED) is 0.811. The monoisotopic (exact) mass is 278 g/mol. The van der Waals surface area contributed by atoms with Crippen LogP contribution in [-0.4, -0.2) is 41.7 Å². The molecule has 110 valence electrons. The van der Waals surface area contributed by atoms with Gasteiger partial charge in [-0.15, -0.1) is 0 Å². The summed E-state index contributed by atoms with van der Waals surface area (Å²) >= 11 is 0. The van der Waals surface area contributed by atoms with Crippen molar-refractivity contribution in [3.63, 3.8) is 0 Å². The number of pyridine rings is 1. The lowest BCUT2D eigenvalue weighted by atomic mass is 10.00. The molecule has 1 fully saturated rings. The van der Waals surface area contributed by atoms with Crippen LogP contribution in [0.5, 0.6) is 0 Å². The number of amides is 1. The minimum Gasteiger partial charge on any atom is -0.381 e. The first-order chi connectivity index (χ1) is 9.70. The van der Waals surface area contributed by atoms with Crippen LogP contribution in [0.1, 0.15) is 19.8 Å². The maximum Gasteiger partial charge on any atom is 0.250 e. The molecule has 5 nitrogen and oxygen atoms in total. The lowest BCUT2D eigenvalue weighted by Gasteiger charge is -2.29. The van der Waals surface area contributed by atoms with Gasteiger partial charge in [-0.1, -0.05) is 6.07 Å². The molecule has 1 aromatic rings. The Morgan fingerprint density at radius 1 is 1.40 bits per heavy atom. The highest BCUT2D eigenvalue weighted by Gasteiger charge is 2.20. The van der Waals surface area contributed by atoms with Gasteiger partial charge in [0.05, 0.1) is 0 Å². The molecular weight excluding hydrogens is 256 g/mol. The van der Waals surface area contributed by atoms with Crippen LogP contribution in [-0.2, 0) is 16.1 Å². The molecule has 0 radical (unpaired) electrons. The van der Waals surface area contributed by atoms with Crippen molar-refractivity contribution in [1.29, 1.82) is 0 Å². The van der Waals surface area contributed by atoms with Gasteiger partial charge < -0.3 is 14.2 Å². The second-order valence-electron chi connectivity index (χ2n) is 5.15. The van der Waals surface area contributed by atoms with E-state index in [9.17, 15) is 9.59 Å². The lowest BCUT2D eigenvalue weighted by Crippen LogP contribution is -2.40. The van der Waals surface area contributed by atoms with Crippen molar-refractivity contribution in [2.75, 3.05) is 26.3 Å². The normalized spacial score (nSPS) is 16.1. The number of rotatable bonds is 5. The zero-order valence-corrected chi connectivity index (χ0v) is 12.0. The number of likely N-dealkylation sites (N-methyl/N-ethyl adjacent to an activating group) is 1. The number of carbonyl (C=O) groups excluding carboxylic acids is 1. The van der Waals surface area contributed by atoms with Gasteiger partial charge >= 0.3 is 0 Å². The second kappa shape index (κ2) is 7.24. The highest BCUT2D eigenvalue weighted by atomic mass is 16.5.